The minimum absolute atomic E-state index is 0.0254. The highest BCUT2D eigenvalue weighted by molar-refractivity contribution is 5.45. The molecule has 3 rings (SSSR count). The second-order valence-corrected chi connectivity index (χ2v) is 11.0. The molecule has 1 aliphatic heterocycles. The third-order valence-corrected chi connectivity index (χ3v) is 4.60. The van der Waals surface area contributed by atoms with Crippen molar-refractivity contribution in [2.45, 2.75) is 53.9 Å². The summed E-state index contributed by atoms with van der Waals surface area (Å²) in [6.45, 7) is 18.9. The molecule has 0 unspecified atom stereocenters. The van der Waals surface area contributed by atoms with Gasteiger partial charge in [-0.15, -0.1) is 0 Å². The molecule has 0 amide bonds. The van der Waals surface area contributed by atoms with Crippen LogP contribution in [0.15, 0.2) is 42.5 Å². The Morgan fingerprint density at radius 3 is 1.26 bits per heavy atom. The van der Waals surface area contributed by atoms with Crippen LogP contribution >= 0.6 is 0 Å². The van der Waals surface area contributed by atoms with Crippen molar-refractivity contribution in [2.75, 3.05) is 52.9 Å². The van der Waals surface area contributed by atoms with E-state index in [2.05, 4.69) is 54.5 Å². The fourth-order valence-corrected chi connectivity index (χ4v) is 2.94. The summed E-state index contributed by atoms with van der Waals surface area (Å²) in [6, 6.07) is 13.7. The second kappa shape index (κ2) is 14.2. The van der Waals surface area contributed by atoms with Gasteiger partial charge < -0.3 is 28.4 Å². The van der Waals surface area contributed by atoms with Crippen molar-refractivity contribution >= 4 is 0 Å². The van der Waals surface area contributed by atoms with E-state index < -0.39 is 0 Å². The highest BCUT2D eigenvalue weighted by Gasteiger charge is 2.17. The quantitative estimate of drug-likeness (QED) is 0.434. The normalized spacial score (nSPS) is 16.2. The van der Waals surface area contributed by atoms with E-state index in [0.717, 1.165) is 5.75 Å². The van der Waals surface area contributed by atoms with Gasteiger partial charge in [-0.05, 0) is 40.7 Å². The average Bonchev–Trinajstić information content (AvgIpc) is 2.77. The van der Waals surface area contributed by atoms with E-state index in [0.29, 0.717) is 75.5 Å². The molecule has 0 aromatic heterocycles. The standard InChI is InChI=1S/C24H32O6.C5H12/c1-24(2,3)19-8-9-22-23(18-19)30-17-13-26-11-15-28-21-7-5-4-6-20(21)27-14-10-25-12-16-29-22;1-5(2,3)4/h4-9,18H,10-17H2,1-3H3;1-4H3. The number of ether oxygens (including phenoxy) is 6. The first kappa shape index (κ1) is 28.8. The van der Waals surface area contributed by atoms with Crippen LogP contribution in [-0.2, 0) is 14.9 Å². The van der Waals surface area contributed by atoms with Gasteiger partial charge in [-0.1, -0.05) is 66.7 Å². The third kappa shape index (κ3) is 12.2. The van der Waals surface area contributed by atoms with E-state index >= 15 is 0 Å². The summed E-state index contributed by atoms with van der Waals surface area (Å²) >= 11 is 0. The molecule has 2 aromatic rings. The Bertz CT molecular complexity index is 860. The van der Waals surface area contributed by atoms with E-state index in [9.17, 15) is 0 Å². The van der Waals surface area contributed by atoms with Crippen LogP contribution in [0.3, 0.4) is 0 Å². The Morgan fingerprint density at radius 1 is 0.486 bits per heavy atom. The minimum atomic E-state index is 0.0254. The van der Waals surface area contributed by atoms with Crippen LogP contribution in [0.25, 0.3) is 0 Å². The summed E-state index contributed by atoms with van der Waals surface area (Å²) in [5.41, 5.74) is 1.71. The van der Waals surface area contributed by atoms with Gasteiger partial charge in [-0.3, -0.25) is 0 Å². The summed E-state index contributed by atoms with van der Waals surface area (Å²) in [7, 11) is 0. The first-order valence-electron chi connectivity index (χ1n) is 12.4. The molecule has 1 heterocycles. The van der Waals surface area contributed by atoms with Crippen LogP contribution in [0.1, 0.15) is 54.0 Å². The Morgan fingerprint density at radius 2 is 0.857 bits per heavy atom. The zero-order valence-corrected chi connectivity index (χ0v) is 22.6. The van der Waals surface area contributed by atoms with Crippen molar-refractivity contribution < 1.29 is 28.4 Å². The van der Waals surface area contributed by atoms with Crippen molar-refractivity contribution in [2.24, 2.45) is 5.41 Å². The summed E-state index contributed by atoms with van der Waals surface area (Å²) < 4.78 is 34.7. The largest absolute Gasteiger partial charge is 0.487 e. The maximum absolute atomic E-state index is 5.97. The summed E-state index contributed by atoms with van der Waals surface area (Å²) in [5.74, 6) is 2.83. The molecule has 2 aromatic carbocycles. The number of rotatable bonds is 0. The van der Waals surface area contributed by atoms with Crippen LogP contribution in [0.4, 0.5) is 0 Å². The molecule has 35 heavy (non-hydrogen) atoms. The number of fused-ring (bicyclic) bond motifs is 2. The summed E-state index contributed by atoms with van der Waals surface area (Å²) in [4.78, 5) is 0. The van der Waals surface area contributed by atoms with E-state index in [4.69, 9.17) is 28.4 Å². The first-order chi connectivity index (χ1) is 16.5. The fourth-order valence-electron chi connectivity index (χ4n) is 2.94. The van der Waals surface area contributed by atoms with Crippen LogP contribution in [0.2, 0.25) is 0 Å². The van der Waals surface area contributed by atoms with Crippen LogP contribution in [-0.4, -0.2) is 52.9 Å². The Hall–Kier alpha value is -2.44. The highest BCUT2D eigenvalue weighted by atomic mass is 16.6. The fraction of sp³-hybridized carbons (Fsp3) is 0.586. The topological polar surface area (TPSA) is 55.4 Å². The molecule has 6 nitrogen and oxygen atoms in total. The van der Waals surface area contributed by atoms with Crippen molar-refractivity contribution in [1.82, 2.24) is 0 Å². The van der Waals surface area contributed by atoms with E-state index in [1.54, 1.807) is 0 Å². The molecule has 0 fully saturated rings. The first-order valence-corrected chi connectivity index (χ1v) is 12.4. The minimum Gasteiger partial charge on any atom is -0.487 e. The lowest BCUT2D eigenvalue weighted by Gasteiger charge is -2.21. The molecule has 0 atom stereocenters. The van der Waals surface area contributed by atoms with Gasteiger partial charge in [0.2, 0.25) is 0 Å². The maximum Gasteiger partial charge on any atom is 0.161 e. The molecular formula is C29H44O6. The molecule has 0 N–H and O–H groups in total. The van der Waals surface area contributed by atoms with Crippen LogP contribution in [0.5, 0.6) is 23.0 Å². The molecule has 0 bridgehead atoms. The number of hydrogen-bond donors (Lipinski definition) is 0. The number of para-hydroxylation sites is 2. The highest BCUT2D eigenvalue weighted by Crippen LogP contribution is 2.33. The average molecular weight is 489 g/mol. The molecule has 0 aliphatic carbocycles. The van der Waals surface area contributed by atoms with Gasteiger partial charge in [0.1, 0.15) is 26.4 Å². The van der Waals surface area contributed by atoms with E-state index in [1.807, 2.05) is 36.4 Å². The lowest BCUT2D eigenvalue weighted by molar-refractivity contribution is 0.0640. The SMILES string of the molecule is CC(C)(C)C.CC(C)(C)c1ccc2c(c1)OCCOCCOc1ccccc1OCCOCCO2. The lowest BCUT2D eigenvalue weighted by Crippen LogP contribution is -2.16. The zero-order valence-electron chi connectivity index (χ0n) is 22.6. The summed E-state index contributed by atoms with van der Waals surface area (Å²) in [5, 5.41) is 0. The van der Waals surface area contributed by atoms with Gasteiger partial charge in [-0.2, -0.15) is 0 Å². The maximum atomic E-state index is 5.97. The summed E-state index contributed by atoms with van der Waals surface area (Å²) in [6.07, 6.45) is 0. The Balaban J connectivity index is 0.000000784. The third-order valence-electron chi connectivity index (χ3n) is 4.60. The van der Waals surface area contributed by atoms with E-state index in [-0.39, 0.29) is 5.41 Å². The van der Waals surface area contributed by atoms with Crippen molar-refractivity contribution in [1.29, 1.82) is 0 Å². The molecule has 0 saturated carbocycles. The van der Waals surface area contributed by atoms with Gasteiger partial charge >= 0.3 is 0 Å². The van der Waals surface area contributed by atoms with Gasteiger partial charge in [0.25, 0.3) is 0 Å². The monoisotopic (exact) mass is 488 g/mol. The molecule has 0 radical (unpaired) electrons. The van der Waals surface area contributed by atoms with E-state index in [1.165, 1.54) is 5.56 Å². The smallest absolute Gasteiger partial charge is 0.161 e. The molecule has 196 valence electrons. The molecule has 6 heteroatoms. The van der Waals surface area contributed by atoms with Crippen molar-refractivity contribution in [3.63, 3.8) is 0 Å². The zero-order chi connectivity index (χ0) is 25.7. The predicted molar refractivity (Wildman–Crippen MR) is 140 cm³/mol. The van der Waals surface area contributed by atoms with Gasteiger partial charge in [-0.25, -0.2) is 0 Å². The van der Waals surface area contributed by atoms with Gasteiger partial charge in [0, 0.05) is 0 Å². The predicted octanol–water partition coefficient (Wildman–Crippen LogP) is 6.30. The Kier molecular flexibility index (Phi) is 11.7. The molecular weight excluding hydrogens is 444 g/mol. The van der Waals surface area contributed by atoms with Crippen LogP contribution < -0.4 is 18.9 Å². The second-order valence-electron chi connectivity index (χ2n) is 11.0. The van der Waals surface area contributed by atoms with Gasteiger partial charge in [0.05, 0.1) is 26.4 Å². The van der Waals surface area contributed by atoms with Gasteiger partial charge in [0.15, 0.2) is 23.0 Å². The molecule has 0 spiro atoms. The number of benzene rings is 2. The molecule has 1 aliphatic rings. The van der Waals surface area contributed by atoms with Crippen molar-refractivity contribution in [3.05, 3.63) is 48.0 Å². The Labute approximate surface area is 211 Å². The van der Waals surface area contributed by atoms with Crippen molar-refractivity contribution in [3.8, 4) is 23.0 Å². The van der Waals surface area contributed by atoms with Crippen LogP contribution in [0, 0.1) is 5.41 Å². The molecule has 0 saturated heterocycles. The lowest BCUT2D eigenvalue weighted by atomic mass is 9.87. The number of hydrogen-bond acceptors (Lipinski definition) is 6.